The fraction of sp³-hybridized carbons (Fsp3) is 0.545. The average molecular weight is 532 g/mol. The van der Waals surface area contributed by atoms with Gasteiger partial charge in [0.2, 0.25) is 0 Å². The summed E-state index contributed by atoms with van der Waals surface area (Å²) in [5.41, 5.74) is 4.78. The summed E-state index contributed by atoms with van der Waals surface area (Å²) in [7, 11) is 4.19. The topological polar surface area (TPSA) is 57.9 Å². The molecular formula is C33H45N3O3. The molecule has 6 nitrogen and oxygen atoms in total. The largest absolute Gasteiger partial charge is 0.394 e. The second kappa shape index (κ2) is 12.2. The van der Waals surface area contributed by atoms with Gasteiger partial charge in [0.1, 0.15) is 5.69 Å². The molecule has 5 rings (SSSR count). The summed E-state index contributed by atoms with van der Waals surface area (Å²) in [6.45, 7) is 6.99. The summed E-state index contributed by atoms with van der Waals surface area (Å²) in [5.74, 6) is 0.820. The first-order valence-electron chi connectivity index (χ1n) is 14.8. The minimum absolute atomic E-state index is 0.0363. The highest BCUT2D eigenvalue weighted by atomic mass is 16.5. The Morgan fingerprint density at radius 1 is 1.05 bits per heavy atom. The number of aliphatic hydroxyl groups is 1. The molecule has 1 aliphatic heterocycles. The Bertz CT molecular complexity index is 1280. The lowest BCUT2D eigenvalue weighted by molar-refractivity contribution is -0.0253. The zero-order valence-corrected chi connectivity index (χ0v) is 24.1. The summed E-state index contributed by atoms with van der Waals surface area (Å²) in [5, 5.41) is 11.3. The molecule has 3 aromatic rings. The minimum atomic E-state index is -0.303. The van der Waals surface area contributed by atoms with Crippen LogP contribution in [0.1, 0.15) is 62.0 Å². The number of fused-ring (bicyclic) bond motifs is 5. The zero-order valence-electron chi connectivity index (χ0n) is 24.1. The van der Waals surface area contributed by atoms with Crippen molar-refractivity contribution in [3.05, 3.63) is 59.8 Å². The predicted molar refractivity (Wildman–Crippen MR) is 158 cm³/mol. The van der Waals surface area contributed by atoms with Crippen molar-refractivity contribution in [3.8, 4) is 11.1 Å². The van der Waals surface area contributed by atoms with Gasteiger partial charge in [0.25, 0.3) is 5.91 Å². The molecule has 3 atom stereocenters. The monoisotopic (exact) mass is 531 g/mol. The maximum atomic E-state index is 14.4. The molecule has 2 aliphatic rings. The van der Waals surface area contributed by atoms with Gasteiger partial charge >= 0.3 is 0 Å². The number of hydrogen-bond acceptors (Lipinski definition) is 4. The van der Waals surface area contributed by atoms with Crippen molar-refractivity contribution in [2.24, 2.45) is 18.9 Å². The molecule has 1 saturated carbocycles. The minimum Gasteiger partial charge on any atom is -0.394 e. The van der Waals surface area contributed by atoms with E-state index < -0.39 is 0 Å². The van der Waals surface area contributed by atoms with E-state index in [2.05, 4.69) is 49.2 Å². The van der Waals surface area contributed by atoms with Crippen LogP contribution in [0.3, 0.4) is 0 Å². The van der Waals surface area contributed by atoms with Gasteiger partial charge in [-0.1, -0.05) is 68.7 Å². The fourth-order valence-electron chi connectivity index (χ4n) is 6.72. The molecule has 1 amide bonds. The number of ether oxygens (including phenoxy) is 1. The highest BCUT2D eigenvalue weighted by molar-refractivity contribution is 6.10. The number of hydrogen-bond donors (Lipinski definition) is 1. The number of para-hydroxylation sites is 1. The quantitative estimate of drug-likeness (QED) is 0.442. The summed E-state index contributed by atoms with van der Waals surface area (Å²) < 4.78 is 8.78. The van der Waals surface area contributed by atoms with E-state index in [4.69, 9.17) is 4.74 Å². The summed E-state index contributed by atoms with van der Waals surface area (Å²) >= 11 is 0. The summed E-state index contributed by atoms with van der Waals surface area (Å²) in [4.78, 5) is 18.8. The Balaban J connectivity index is 1.55. The molecule has 0 saturated heterocycles. The van der Waals surface area contributed by atoms with Crippen molar-refractivity contribution in [2.45, 2.75) is 64.7 Å². The van der Waals surface area contributed by atoms with Gasteiger partial charge in [0.15, 0.2) is 0 Å². The predicted octanol–water partition coefficient (Wildman–Crippen LogP) is 5.72. The van der Waals surface area contributed by atoms with E-state index >= 15 is 0 Å². The van der Waals surface area contributed by atoms with E-state index in [-0.39, 0.29) is 30.6 Å². The summed E-state index contributed by atoms with van der Waals surface area (Å²) in [6, 6.07) is 16.3. The van der Waals surface area contributed by atoms with Crippen molar-refractivity contribution in [3.63, 3.8) is 0 Å². The van der Waals surface area contributed by atoms with Gasteiger partial charge in [-0.25, -0.2) is 0 Å². The summed E-state index contributed by atoms with van der Waals surface area (Å²) in [6.07, 6.45) is 6.66. The van der Waals surface area contributed by atoms with Crippen LogP contribution >= 0.6 is 0 Å². The normalized spacial score (nSPS) is 22.0. The SMILES string of the molecule is C[C@H]1CN([C@@H](C)CO)C(=O)c2c(c3ccccc3n2C)-c2ccccc2CO[C@H]1CN(C)CC1CCCCC1. The molecule has 1 N–H and O–H groups in total. The molecule has 210 valence electrons. The van der Waals surface area contributed by atoms with Crippen LogP contribution < -0.4 is 0 Å². The number of aliphatic hydroxyl groups excluding tert-OH is 1. The number of aromatic nitrogens is 1. The van der Waals surface area contributed by atoms with Crippen molar-refractivity contribution in [2.75, 3.05) is 33.3 Å². The molecule has 0 radical (unpaired) electrons. The van der Waals surface area contributed by atoms with Crippen LogP contribution in [0.5, 0.6) is 0 Å². The van der Waals surface area contributed by atoms with Crippen LogP contribution in [0.4, 0.5) is 0 Å². The number of rotatable bonds is 6. The molecular weight excluding hydrogens is 486 g/mol. The van der Waals surface area contributed by atoms with Gasteiger partial charge in [-0.2, -0.15) is 0 Å². The number of aryl methyl sites for hydroxylation is 1. The number of carbonyl (C=O) groups is 1. The van der Waals surface area contributed by atoms with Crippen molar-refractivity contribution in [1.82, 2.24) is 14.4 Å². The molecule has 6 heteroatoms. The van der Waals surface area contributed by atoms with Crippen molar-refractivity contribution in [1.29, 1.82) is 0 Å². The Morgan fingerprint density at radius 3 is 2.54 bits per heavy atom. The third-order valence-corrected chi connectivity index (χ3v) is 9.01. The Hall–Kier alpha value is -2.67. The number of likely N-dealkylation sites (N-methyl/N-ethyl adjacent to an activating group) is 1. The Labute approximate surface area is 233 Å². The lowest BCUT2D eigenvalue weighted by Gasteiger charge is -2.36. The third kappa shape index (κ3) is 5.79. The number of nitrogens with zero attached hydrogens (tertiary/aromatic N) is 3. The van der Waals surface area contributed by atoms with Crippen LogP contribution in [0.25, 0.3) is 22.0 Å². The lowest BCUT2D eigenvalue weighted by Crippen LogP contribution is -2.47. The lowest BCUT2D eigenvalue weighted by atomic mass is 9.89. The van der Waals surface area contributed by atoms with E-state index in [1.54, 1.807) is 0 Å². The second-order valence-electron chi connectivity index (χ2n) is 12.0. The molecule has 0 unspecified atom stereocenters. The molecule has 39 heavy (non-hydrogen) atoms. The highest BCUT2D eigenvalue weighted by Gasteiger charge is 2.33. The van der Waals surface area contributed by atoms with Crippen LogP contribution in [0, 0.1) is 11.8 Å². The smallest absolute Gasteiger partial charge is 0.271 e. The standard InChI is InChI=1S/C33H45N3O3/c1-23-18-36(24(2)21-37)33(38)32-31(28-16-10-11-17-29(28)35(32)4)27-15-9-8-14-26(27)22-39-30(23)20-34(3)19-25-12-6-5-7-13-25/h8-11,14-17,23-25,30,37H,5-7,12-13,18-22H2,1-4H3/t23-,24-,30-/m0/s1. The van der Waals surface area contributed by atoms with Crippen molar-refractivity contribution >= 4 is 16.8 Å². The van der Waals surface area contributed by atoms with E-state index in [1.807, 2.05) is 41.6 Å². The molecule has 1 aliphatic carbocycles. The third-order valence-electron chi connectivity index (χ3n) is 9.01. The van der Waals surface area contributed by atoms with Crippen LogP contribution in [-0.4, -0.2) is 70.8 Å². The molecule has 2 aromatic carbocycles. The van der Waals surface area contributed by atoms with Gasteiger partial charge in [0.05, 0.1) is 25.4 Å². The second-order valence-corrected chi connectivity index (χ2v) is 12.0. The van der Waals surface area contributed by atoms with Crippen molar-refractivity contribution < 1.29 is 14.6 Å². The van der Waals surface area contributed by atoms with Crippen LogP contribution in [-0.2, 0) is 18.4 Å². The highest BCUT2D eigenvalue weighted by Crippen LogP contribution is 2.38. The fourth-order valence-corrected chi connectivity index (χ4v) is 6.72. The first-order valence-corrected chi connectivity index (χ1v) is 14.8. The Morgan fingerprint density at radius 2 is 1.77 bits per heavy atom. The number of benzene rings is 2. The molecule has 1 aromatic heterocycles. The van der Waals surface area contributed by atoms with Gasteiger partial charge in [-0.3, -0.25) is 4.79 Å². The zero-order chi connectivity index (χ0) is 27.5. The van der Waals surface area contributed by atoms with Gasteiger partial charge in [0, 0.05) is 49.1 Å². The molecule has 0 bridgehead atoms. The maximum Gasteiger partial charge on any atom is 0.271 e. The molecule has 0 spiro atoms. The maximum absolute atomic E-state index is 14.4. The van der Waals surface area contributed by atoms with Crippen LogP contribution in [0.2, 0.25) is 0 Å². The van der Waals surface area contributed by atoms with Gasteiger partial charge < -0.3 is 24.2 Å². The number of amides is 1. The average Bonchev–Trinajstić information content (AvgIpc) is 3.24. The van der Waals surface area contributed by atoms with E-state index in [9.17, 15) is 9.90 Å². The Kier molecular flexibility index (Phi) is 8.75. The number of carbonyl (C=O) groups excluding carboxylic acids is 1. The van der Waals surface area contributed by atoms with Crippen LogP contribution in [0.15, 0.2) is 48.5 Å². The van der Waals surface area contributed by atoms with Gasteiger partial charge in [-0.05, 0) is 49.9 Å². The van der Waals surface area contributed by atoms with Gasteiger partial charge in [-0.15, -0.1) is 0 Å². The molecule has 1 fully saturated rings. The first-order chi connectivity index (χ1) is 18.9. The van der Waals surface area contributed by atoms with E-state index in [0.29, 0.717) is 18.8 Å². The van der Waals surface area contributed by atoms with E-state index in [0.717, 1.165) is 46.6 Å². The van der Waals surface area contributed by atoms with E-state index in [1.165, 1.54) is 32.1 Å². The first kappa shape index (κ1) is 27.9. The molecule has 2 heterocycles.